The Morgan fingerprint density at radius 2 is 1.98 bits per heavy atom. The molecule has 2 aromatic carbocycles. The number of aromatic nitrogens is 1. The van der Waals surface area contributed by atoms with Crippen LogP contribution in [0.1, 0.15) is 34.5 Å². The van der Waals surface area contributed by atoms with Crippen LogP contribution in [0.25, 0.3) is 10.2 Å². The van der Waals surface area contributed by atoms with Crippen molar-refractivity contribution < 1.29 is 28.2 Å². The Morgan fingerprint density at radius 1 is 1.16 bits per heavy atom. The molecule has 43 heavy (non-hydrogen) atoms. The number of urea groups is 1. The van der Waals surface area contributed by atoms with Crippen LogP contribution in [0.5, 0.6) is 11.5 Å². The maximum absolute atomic E-state index is 15.5. The van der Waals surface area contributed by atoms with E-state index in [4.69, 9.17) is 9.47 Å². The number of nitrogens with zero attached hydrogens (tertiary/aromatic N) is 3. The number of hydrogen-bond acceptors (Lipinski definition) is 7. The van der Waals surface area contributed by atoms with Crippen LogP contribution in [-0.2, 0) is 9.53 Å². The molecule has 2 aliphatic rings. The maximum atomic E-state index is 15.5. The highest BCUT2D eigenvalue weighted by Gasteiger charge is 2.35. The van der Waals surface area contributed by atoms with E-state index in [1.54, 1.807) is 61.5 Å². The molecule has 2 aliphatic heterocycles. The van der Waals surface area contributed by atoms with Crippen molar-refractivity contribution in [2.75, 3.05) is 37.0 Å². The third-order valence-corrected chi connectivity index (χ3v) is 8.71. The monoisotopic (exact) mass is 603 g/mol. The number of methoxy groups -OCH3 is 1. The summed E-state index contributed by atoms with van der Waals surface area (Å²) in [4.78, 5) is 48.0. The van der Waals surface area contributed by atoms with Gasteiger partial charge in [0.15, 0.2) is 11.6 Å². The smallest absolute Gasteiger partial charge is 0.331 e. The van der Waals surface area contributed by atoms with Crippen molar-refractivity contribution in [3.8, 4) is 11.5 Å². The summed E-state index contributed by atoms with van der Waals surface area (Å²) < 4.78 is 26.3. The molecule has 4 amide bonds. The van der Waals surface area contributed by atoms with E-state index < -0.39 is 11.8 Å². The van der Waals surface area contributed by atoms with Crippen LogP contribution in [0, 0.1) is 12.7 Å². The zero-order valence-electron chi connectivity index (χ0n) is 23.7. The average Bonchev–Trinajstić information content (AvgIpc) is 3.39. The van der Waals surface area contributed by atoms with Crippen molar-refractivity contribution in [2.45, 2.75) is 32.2 Å². The molecule has 0 aliphatic carbocycles. The Balaban J connectivity index is 1.27. The molecule has 222 valence electrons. The molecular formula is C31H30FN5O5S. The number of benzene rings is 2. The molecule has 0 radical (unpaired) electrons. The van der Waals surface area contributed by atoms with Gasteiger partial charge in [-0.25, -0.2) is 14.2 Å². The summed E-state index contributed by atoms with van der Waals surface area (Å²) >= 11 is 1.17. The van der Waals surface area contributed by atoms with Crippen molar-refractivity contribution >= 4 is 56.5 Å². The predicted molar refractivity (Wildman–Crippen MR) is 162 cm³/mol. The number of nitrogens with one attached hydrogen (secondary N) is 2. The second kappa shape index (κ2) is 12.0. The van der Waals surface area contributed by atoms with E-state index in [9.17, 15) is 14.4 Å². The van der Waals surface area contributed by atoms with Gasteiger partial charge in [-0.05, 0) is 50.1 Å². The summed E-state index contributed by atoms with van der Waals surface area (Å²) in [6, 6.07) is 12.9. The molecule has 0 saturated carbocycles. The zero-order chi connectivity index (χ0) is 30.1. The zero-order valence-corrected chi connectivity index (χ0v) is 24.5. The minimum atomic E-state index is -0.585. The molecule has 0 bridgehead atoms. The molecule has 4 heterocycles. The SMILES string of the molecule is COCCC(=O)N1CCCC(NC(=O)c2sc3nccc4c3c2NC(=O)N4c2ccc(Oc3ccccc3)c(F)c2C)C1. The van der Waals surface area contributed by atoms with E-state index in [0.717, 1.165) is 12.8 Å². The van der Waals surface area contributed by atoms with Gasteiger partial charge >= 0.3 is 6.03 Å². The fraction of sp³-hybridized carbons (Fsp3) is 0.290. The number of halogens is 1. The normalized spacial score (nSPS) is 16.3. The van der Waals surface area contributed by atoms with Crippen LogP contribution in [0.15, 0.2) is 54.7 Å². The Labute approximate surface area is 251 Å². The van der Waals surface area contributed by atoms with Crippen molar-refractivity contribution in [2.24, 2.45) is 0 Å². The molecular weight excluding hydrogens is 573 g/mol. The number of thiophene rings is 1. The number of pyridine rings is 1. The first-order chi connectivity index (χ1) is 20.9. The topological polar surface area (TPSA) is 113 Å². The summed E-state index contributed by atoms with van der Waals surface area (Å²) in [6.07, 6.45) is 3.36. The number of piperidine rings is 1. The number of ether oxygens (including phenoxy) is 2. The lowest BCUT2D eigenvalue weighted by atomic mass is 10.0. The molecule has 1 unspecified atom stereocenters. The van der Waals surface area contributed by atoms with Gasteiger partial charge in [-0.3, -0.25) is 14.5 Å². The minimum Gasteiger partial charge on any atom is -0.454 e. The molecule has 6 rings (SSSR count). The second-order valence-corrected chi connectivity index (χ2v) is 11.4. The number of likely N-dealkylation sites (tertiary alicyclic amines) is 1. The van der Waals surface area contributed by atoms with Crippen LogP contribution in [0.4, 0.5) is 26.2 Å². The average molecular weight is 604 g/mol. The first-order valence-corrected chi connectivity index (χ1v) is 14.8. The van der Waals surface area contributed by atoms with Crippen molar-refractivity contribution in [1.82, 2.24) is 15.2 Å². The van der Waals surface area contributed by atoms with E-state index in [1.165, 1.54) is 22.3 Å². The van der Waals surface area contributed by atoms with E-state index in [0.29, 0.717) is 64.0 Å². The standard InChI is InChI=1S/C31H30FN5O5S/c1-18-21(10-11-23(26(18)32)42-20-8-4-3-5-9-20)37-22-12-14-33-30-25(22)27(35-31(37)40)28(43-30)29(39)34-19-7-6-15-36(17-19)24(38)13-16-41-2/h3-5,8-12,14,19H,6-7,13,15-17H2,1-2H3,(H,34,39)(H,35,40). The van der Waals surface area contributed by atoms with Gasteiger partial charge < -0.3 is 25.0 Å². The van der Waals surface area contributed by atoms with Crippen LogP contribution in [-0.4, -0.2) is 60.6 Å². The first-order valence-electron chi connectivity index (χ1n) is 14.0. The van der Waals surface area contributed by atoms with Gasteiger partial charge in [-0.1, -0.05) is 18.2 Å². The lowest BCUT2D eigenvalue weighted by Gasteiger charge is -2.33. The van der Waals surface area contributed by atoms with Crippen molar-refractivity contribution in [3.63, 3.8) is 0 Å². The molecule has 1 fully saturated rings. The van der Waals surface area contributed by atoms with E-state index in [-0.39, 0.29) is 29.2 Å². The van der Waals surface area contributed by atoms with Gasteiger partial charge in [-0.2, -0.15) is 0 Å². The van der Waals surface area contributed by atoms with E-state index >= 15 is 4.39 Å². The first kappa shape index (κ1) is 28.6. The van der Waals surface area contributed by atoms with E-state index in [1.807, 2.05) is 6.07 Å². The van der Waals surface area contributed by atoms with Gasteiger partial charge in [0.1, 0.15) is 15.5 Å². The lowest BCUT2D eigenvalue weighted by molar-refractivity contribution is -0.133. The Kier molecular flexibility index (Phi) is 7.96. The number of para-hydroxylation sites is 1. The van der Waals surface area contributed by atoms with Crippen LogP contribution < -0.4 is 20.3 Å². The predicted octanol–water partition coefficient (Wildman–Crippen LogP) is 5.98. The van der Waals surface area contributed by atoms with E-state index in [2.05, 4.69) is 15.6 Å². The van der Waals surface area contributed by atoms with Gasteiger partial charge in [0.05, 0.1) is 35.5 Å². The quantitative estimate of drug-likeness (QED) is 0.256. The van der Waals surface area contributed by atoms with Gasteiger partial charge in [-0.15, -0.1) is 11.3 Å². The largest absolute Gasteiger partial charge is 0.454 e. The molecule has 2 N–H and O–H groups in total. The highest BCUT2D eigenvalue weighted by atomic mass is 32.1. The molecule has 10 nitrogen and oxygen atoms in total. The Bertz CT molecular complexity index is 1710. The van der Waals surface area contributed by atoms with Crippen LogP contribution in [0.3, 0.4) is 0 Å². The fourth-order valence-electron chi connectivity index (χ4n) is 5.49. The fourth-order valence-corrected chi connectivity index (χ4v) is 6.51. The van der Waals surface area contributed by atoms with Gasteiger partial charge in [0.2, 0.25) is 5.91 Å². The van der Waals surface area contributed by atoms with Gasteiger partial charge in [0.25, 0.3) is 5.91 Å². The summed E-state index contributed by atoms with van der Waals surface area (Å²) in [5.41, 5.74) is 1.43. The third-order valence-electron chi connectivity index (χ3n) is 7.62. The van der Waals surface area contributed by atoms with Crippen LogP contribution >= 0.6 is 11.3 Å². The molecule has 4 aromatic rings. The number of carbonyl (C=O) groups is 3. The number of rotatable bonds is 8. The lowest BCUT2D eigenvalue weighted by Crippen LogP contribution is -2.49. The summed E-state index contributed by atoms with van der Waals surface area (Å²) in [6.45, 7) is 2.99. The molecule has 2 aromatic heterocycles. The number of carbonyl (C=O) groups excluding carboxylic acids is 3. The van der Waals surface area contributed by atoms with Crippen molar-refractivity contribution in [1.29, 1.82) is 0 Å². The number of hydrogen-bond donors (Lipinski definition) is 2. The van der Waals surface area contributed by atoms with Crippen molar-refractivity contribution in [3.05, 3.63) is 71.0 Å². The Hall–Kier alpha value is -4.55. The molecule has 1 saturated heterocycles. The highest BCUT2D eigenvalue weighted by molar-refractivity contribution is 7.21. The highest BCUT2D eigenvalue weighted by Crippen LogP contribution is 2.47. The summed E-state index contributed by atoms with van der Waals surface area (Å²) in [5, 5.41) is 6.50. The maximum Gasteiger partial charge on any atom is 0.331 e. The van der Waals surface area contributed by atoms with Gasteiger partial charge in [0, 0.05) is 38.0 Å². The third kappa shape index (κ3) is 5.51. The Morgan fingerprint density at radius 3 is 2.77 bits per heavy atom. The van der Waals surface area contributed by atoms with Crippen LogP contribution in [0.2, 0.25) is 0 Å². The number of amides is 4. The molecule has 1 atom stereocenters. The summed E-state index contributed by atoms with van der Waals surface area (Å²) in [5.74, 6) is -0.407. The minimum absolute atomic E-state index is 0.00894. The molecule has 0 spiro atoms. The molecule has 12 heteroatoms. The summed E-state index contributed by atoms with van der Waals surface area (Å²) in [7, 11) is 1.55. The number of anilines is 3. The second-order valence-electron chi connectivity index (χ2n) is 10.4.